The number of anilines is 4. The van der Waals surface area contributed by atoms with Crippen molar-refractivity contribution < 1.29 is 0 Å². The van der Waals surface area contributed by atoms with E-state index >= 15 is 0 Å². The van der Waals surface area contributed by atoms with Gasteiger partial charge in [-0.15, -0.1) is 0 Å². The van der Waals surface area contributed by atoms with Gasteiger partial charge in [0.25, 0.3) is 0 Å². The maximum absolute atomic E-state index is 5.84. The van der Waals surface area contributed by atoms with Gasteiger partial charge in [-0.3, -0.25) is 0 Å². The number of aromatic nitrogens is 4. The maximum atomic E-state index is 5.84. The number of piperazine rings is 1. The van der Waals surface area contributed by atoms with Gasteiger partial charge in [0, 0.05) is 38.1 Å². The van der Waals surface area contributed by atoms with Crippen molar-refractivity contribution in [3.8, 4) is 0 Å². The molecule has 1 aliphatic rings. The Bertz CT molecular complexity index is 859. The number of nitrogen functional groups attached to an aromatic ring is 2. The summed E-state index contributed by atoms with van der Waals surface area (Å²) in [6.45, 7) is 3.52. The van der Waals surface area contributed by atoms with E-state index in [1.54, 1.807) is 6.20 Å². The average Bonchev–Trinajstić information content (AvgIpc) is 2.62. The number of hydrogen-bond acceptors (Lipinski definition) is 8. The van der Waals surface area contributed by atoms with Crippen molar-refractivity contribution in [3.63, 3.8) is 0 Å². The lowest BCUT2D eigenvalue weighted by molar-refractivity contribution is 0.641. The molecule has 8 nitrogen and oxygen atoms in total. The van der Waals surface area contributed by atoms with E-state index in [4.69, 9.17) is 11.5 Å². The summed E-state index contributed by atoms with van der Waals surface area (Å²) in [6, 6.07) is 10.4. The molecule has 0 bridgehead atoms. The average molecular weight is 322 g/mol. The first-order valence-corrected chi connectivity index (χ1v) is 7.81. The van der Waals surface area contributed by atoms with Crippen LogP contribution in [0.15, 0.2) is 36.5 Å². The van der Waals surface area contributed by atoms with Crippen LogP contribution in [0.25, 0.3) is 11.0 Å². The molecule has 0 amide bonds. The van der Waals surface area contributed by atoms with Gasteiger partial charge in [-0.05, 0) is 12.1 Å². The third kappa shape index (κ3) is 2.62. The summed E-state index contributed by atoms with van der Waals surface area (Å²) in [5.74, 6) is 1.07. The molecule has 3 heterocycles. The third-order valence-corrected chi connectivity index (χ3v) is 4.17. The smallest absolute Gasteiger partial charge is 0.227 e. The lowest BCUT2D eigenvalue weighted by atomic mass is 10.2. The molecule has 2 aromatic heterocycles. The van der Waals surface area contributed by atoms with Gasteiger partial charge in [-0.2, -0.15) is 15.0 Å². The molecular weight excluding hydrogens is 304 g/mol. The molecule has 24 heavy (non-hydrogen) atoms. The van der Waals surface area contributed by atoms with E-state index in [1.807, 2.05) is 6.07 Å². The second-order valence-corrected chi connectivity index (χ2v) is 5.68. The molecular formula is C16H18N8. The Labute approximate surface area is 139 Å². The molecule has 1 saturated heterocycles. The Hall–Kier alpha value is -3.16. The van der Waals surface area contributed by atoms with Crippen molar-refractivity contribution in [2.24, 2.45) is 0 Å². The molecule has 4 rings (SSSR count). The number of para-hydroxylation sites is 1. The summed E-state index contributed by atoms with van der Waals surface area (Å²) < 4.78 is 0. The molecule has 4 N–H and O–H groups in total. The summed E-state index contributed by atoms with van der Waals surface area (Å²) in [5, 5.41) is 0.621. The van der Waals surface area contributed by atoms with Crippen molar-refractivity contribution in [1.82, 2.24) is 19.9 Å². The molecule has 0 aliphatic carbocycles. The van der Waals surface area contributed by atoms with E-state index in [1.165, 1.54) is 5.69 Å². The first-order valence-electron chi connectivity index (χ1n) is 7.81. The monoisotopic (exact) mass is 322 g/mol. The molecule has 0 radical (unpaired) electrons. The molecule has 0 saturated carbocycles. The van der Waals surface area contributed by atoms with Crippen LogP contribution in [0, 0.1) is 0 Å². The van der Waals surface area contributed by atoms with Gasteiger partial charge < -0.3 is 21.3 Å². The number of fused-ring (bicyclic) bond motifs is 1. The Balaban J connectivity index is 1.54. The summed E-state index contributed by atoms with van der Waals surface area (Å²) in [7, 11) is 0. The van der Waals surface area contributed by atoms with E-state index in [2.05, 4.69) is 54.0 Å². The Morgan fingerprint density at radius 3 is 2.29 bits per heavy atom. The van der Waals surface area contributed by atoms with E-state index in [0.717, 1.165) is 26.2 Å². The minimum atomic E-state index is 0.124. The lowest BCUT2D eigenvalue weighted by Gasteiger charge is -2.36. The first kappa shape index (κ1) is 14.4. The van der Waals surface area contributed by atoms with Crippen LogP contribution >= 0.6 is 0 Å². The fraction of sp³-hybridized carbons (Fsp3) is 0.250. The highest BCUT2D eigenvalue weighted by Crippen LogP contribution is 2.21. The lowest BCUT2D eigenvalue weighted by Crippen LogP contribution is -2.47. The van der Waals surface area contributed by atoms with Gasteiger partial charge in [0.1, 0.15) is 5.82 Å². The molecule has 1 aromatic carbocycles. The van der Waals surface area contributed by atoms with Gasteiger partial charge in [-0.25, -0.2) is 4.98 Å². The van der Waals surface area contributed by atoms with Gasteiger partial charge in [0.05, 0.1) is 5.39 Å². The largest absolute Gasteiger partial charge is 0.383 e. The Morgan fingerprint density at radius 2 is 1.54 bits per heavy atom. The Morgan fingerprint density at radius 1 is 0.833 bits per heavy atom. The normalized spacial score (nSPS) is 15.0. The second-order valence-electron chi connectivity index (χ2n) is 5.68. The van der Waals surface area contributed by atoms with E-state index in [0.29, 0.717) is 22.8 Å². The number of benzene rings is 1. The first-order chi connectivity index (χ1) is 11.7. The topological polar surface area (TPSA) is 110 Å². The SMILES string of the molecule is Nc1nc(N)c2cnc(N3CCN(c4ccccc4)CC3)nc2n1. The number of nitrogens with two attached hydrogens (primary N) is 2. The summed E-state index contributed by atoms with van der Waals surface area (Å²) in [4.78, 5) is 21.5. The van der Waals surface area contributed by atoms with Crippen molar-refractivity contribution in [2.45, 2.75) is 0 Å². The molecule has 1 fully saturated rings. The molecule has 1 aliphatic heterocycles. The fourth-order valence-electron chi connectivity index (χ4n) is 2.90. The molecule has 0 unspecified atom stereocenters. The molecule has 122 valence electrons. The third-order valence-electron chi connectivity index (χ3n) is 4.17. The Kier molecular flexibility index (Phi) is 3.49. The number of rotatable bonds is 2. The molecule has 0 spiro atoms. The van der Waals surface area contributed by atoms with Crippen LogP contribution in [-0.4, -0.2) is 46.1 Å². The molecule has 3 aromatic rings. The van der Waals surface area contributed by atoms with Crippen molar-refractivity contribution >= 4 is 34.4 Å². The van der Waals surface area contributed by atoms with Crippen LogP contribution < -0.4 is 21.3 Å². The highest BCUT2D eigenvalue weighted by molar-refractivity contribution is 5.85. The van der Waals surface area contributed by atoms with Crippen LogP contribution in [0.4, 0.5) is 23.4 Å². The second kappa shape index (κ2) is 5.80. The number of nitrogens with zero attached hydrogens (tertiary/aromatic N) is 6. The minimum Gasteiger partial charge on any atom is -0.383 e. The zero-order chi connectivity index (χ0) is 16.5. The summed E-state index contributed by atoms with van der Waals surface area (Å²) in [5.41, 5.74) is 13.2. The van der Waals surface area contributed by atoms with Crippen molar-refractivity contribution in [3.05, 3.63) is 36.5 Å². The standard InChI is InChI=1S/C16H18N8/c17-13-12-10-19-16(22-14(12)21-15(18)20-13)24-8-6-23(7-9-24)11-4-2-1-3-5-11/h1-5,10H,6-9H2,(H4,17,18,19,20,21,22). The van der Waals surface area contributed by atoms with Crippen LogP contribution in [0.5, 0.6) is 0 Å². The number of hydrogen-bond donors (Lipinski definition) is 2. The highest BCUT2D eigenvalue weighted by Gasteiger charge is 2.20. The van der Waals surface area contributed by atoms with Gasteiger partial charge >= 0.3 is 0 Å². The summed E-state index contributed by atoms with van der Waals surface area (Å²) in [6.07, 6.45) is 1.66. The van der Waals surface area contributed by atoms with E-state index < -0.39 is 0 Å². The van der Waals surface area contributed by atoms with Crippen LogP contribution in [0.1, 0.15) is 0 Å². The zero-order valence-corrected chi connectivity index (χ0v) is 13.1. The van der Waals surface area contributed by atoms with Gasteiger partial charge in [0.2, 0.25) is 11.9 Å². The maximum Gasteiger partial charge on any atom is 0.227 e. The van der Waals surface area contributed by atoms with Crippen LogP contribution in [-0.2, 0) is 0 Å². The predicted molar refractivity (Wildman–Crippen MR) is 94.8 cm³/mol. The minimum absolute atomic E-state index is 0.124. The predicted octanol–water partition coefficient (Wildman–Crippen LogP) is 0.911. The van der Waals surface area contributed by atoms with E-state index in [-0.39, 0.29) is 5.95 Å². The molecule has 8 heteroatoms. The quantitative estimate of drug-likeness (QED) is 0.716. The van der Waals surface area contributed by atoms with Crippen molar-refractivity contribution in [2.75, 3.05) is 47.4 Å². The highest BCUT2D eigenvalue weighted by atomic mass is 15.3. The molecule has 0 atom stereocenters. The van der Waals surface area contributed by atoms with Crippen molar-refractivity contribution in [1.29, 1.82) is 0 Å². The summed E-state index contributed by atoms with van der Waals surface area (Å²) >= 11 is 0. The van der Waals surface area contributed by atoms with Gasteiger partial charge in [0.15, 0.2) is 5.65 Å². The van der Waals surface area contributed by atoms with E-state index in [9.17, 15) is 0 Å². The zero-order valence-electron chi connectivity index (χ0n) is 13.1. The fourth-order valence-corrected chi connectivity index (χ4v) is 2.90. The van der Waals surface area contributed by atoms with Gasteiger partial charge in [-0.1, -0.05) is 18.2 Å². The van der Waals surface area contributed by atoms with Crippen LogP contribution in [0.3, 0.4) is 0 Å². The van der Waals surface area contributed by atoms with Crippen LogP contribution in [0.2, 0.25) is 0 Å².